The minimum atomic E-state index is -4.04. The van der Waals surface area contributed by atoms with Crippen molar-refractivity contribution in [1.29, 1.82) is 0 Å². The van der Waals surface area contributed by atoms with E-state index in [2.05, 4.69) is 5.32 Å². The number of anilines is 1. The average molecular weight is 457 g/mol. The Hall–Kier alpha value is -3.39. The largest absolute Gasteiger partial charge is 0.497 e. The van der Waals surface area contributed by atoms with Gasteiger partial charge in [0.25, 0.3) is 10.0 Å². The van der Waals surface area contributed by atoms with Crippen LogP contribution in [0.4, 0.5) is 10.1 Å². The summed E-state index contributed by atoms with van der Waals surface area (Å²) >= 11 is 0. The van der Waals surface area contributed by atoms with Crippen LogP contribution in [0.25, 0.3) is 0 Å². The maximum atomic E-state index is 13.4. The van der Waals surface area contributed by atoms with Gasteiger partial charge < -0.3 is 10.1 Å². The van der Waals surface area contributed by atoms with Crippen LogP contribution in [0.3, 0.4) is 0 Å². The van der Waals surface area contributed by atoms with Crippen LogP contribution in [0.15, 0.2) is 83.8 Å². The number of ether oxygens (including phenoxy) is 1. The second kappa shape index (κ2) is 10.3. The number of sulfonamides is 1. The van der Waals surface area contributed by atoms with Gasteiger partial charge in [-0.05, 0) is 60.5 Å². The van der Waals surface area contributed by atoms with Gasteiger partial charge in [-0.3, -0.25) is 9.10 Å². The Bertz CT molecular complexity index is 1130. The van der Waals surface area contributed by atoms with Crippen molar-refractivity contribution in [2.45, 2.75) is 24.3 Å². The van der Waals surface area contributed by atoms with Gasteiger partial charge in [0, 0.05) is 0 Å². The predicted molar refractivity (Wildman–Crippen MR) is 122 cm³/mol. The lowest BCUT2D eigenvalue weighted by molar-refractivity contribution is -0.120. The van der Waals surface area contributed by atoms with Crippen LogP contribution >= 0.6 is 0 Å². The van der Waals surface area contributed by atoms with Crippen molar-refractivity contribution >= 4 is 21.6 Å². The average Bonchev–Trinajstić information content (AvgIpc) is 2.82. The summed E-state index contributed by atoms with van der Waals surface area (Å²) in [6, 6.07) is 19.8. The molecule has 6 nitrogen and oxygen atoms in total. The Labute approximate surface area is 187 Å². The number of nitrogens with zero attached hydrogens (tertiary/aromatic N) is 1. The highest BCUT2D eigenvalue weighted by molar-refractivity contribution is 7.92. The molecule has 0 spiro atoms. The molecule has 3 aromatic carbocycles. The molecule has 1 amide bonds. The standard InChI is InChI=1S/C24H25FN2O4S/c1-3-23(18-9-15-21(31-2)16-10-18)26-24(28)17-27(20-13-11-19(25)12-14-20)32(29,30)22-7-5-4-6-8-22/h4-16,23H,3,17H2,1-2H3,(H,26,28)/t23-/m0/s1. The van der Waals surface area contributed by atoms with Crippen molar-refractivity contribution in [3.63, 3.8) is 0 Å². The Morgan fingerprint density at radius 2 is 1.62 bits per heavy atom. The summed E-state index contributed by atoms with van der Waals surface area (Å²) in [6.07, 6.45) is 0.611. The molecule has 0 saturated heterocycles. The molecule has 8 heteroatoms. The third-order valence-electron chi connectivity index (χ3n) is 4.99. The molecule has 1 atom stereocenters. The van der Waals surface area contributed by atoms with Crippen LogP contribution in [0.1, 0.15) is 24.9 Å². The molecule has 0 bridgehead atoms. The molecule has 0 aliphatic heterocycles. The first-order chi connectivity index (χ1) is 15.3. The molecule has 0 aliphatic carbocycles. The number of benzene rings is 3. The molecule has 3 rings (SSSR count). The molecule has 0 aliphatic rings. The van der Waals surface area contributed by atoms with E-state index in [1.165, 1.54) is 24.3 Å². The second-order valence-electron chi connectivity index (χ2n) is 7.10. The van der Waals surface area contributed by atoms with E-state index >= 15 is 0 Å². The fourth-order valence-electron chi connectivity index (χ4n) is 3.27. The van der Waals surface area contributed by atoms with E-state index in [1.807, 2.05) is 19.1 Å². The monoisotopic (exact) mass is 456 g/mol. The van der Waals surface area contributed by atoms with Gasteiger partial charge in [0.2, 0.25) is 5.91 Å². The minimum absolute atomic E-state index is 0.0410. The van der Waals surface area contributed by atoms with E-state index in [4.69, 9.17) is 4.74 Å². The Morgan fingerprint density at radius 1 is 1.00 bits per heavy atom. The van der Waals surface area contributed by atoms with E-state index in [1.54, 1.807) is 37.4 Å². The number of hydrogen-bond donors (Lipinski definition) is 1. The lowest BCUT2D eigenvalue weighted by atomic mass is 10.0. The number of carbonyl (C=O) groups excluding carboxylic acids is 1. The molecular formula is C24H25FN2O4S. The van der Waals surface area contributed by atoms with Crippen LogP contribution in [0.5, 0.6) is 5.75 Å². The van der Waals surface area contributed by atoms with Gasteiger partial charge in [-0.15, -0.1) is 0 Å². The van der Waals surface area contributed by atoms with E-state index in [0.717, 1.165) is 22.0 Å². The number of rotatable bonds is 9. The van der Waals surface area contributed by atoms with Gasteiger partial charge in [-0.2, -0.15) is 0 Å². The Balaban J connectivity index is 1.86. The third-order valence-corrected chi connectivity index (χ3v) is 6.78. The van der Waals surface area contributed by atoms with Gasteiger partial charge in [0.1, 0.15) is 18.1 Å². The van der Waals surface area contributed by atoms with Crippen LogP contribution in [-0.2, 0) is 14.8 Å². The molecule has 1 N–H and O–H groups in total. The van der Waals surface area contributed by atoms with Crippen molar-refractivity contribution in [3.8, 4) is 5.75 Å². The molecule has 0 fully saturated rings. The molecule has 3 aromatic rings. The fraction of sp³-hybridized carbons (Fsp3) is 0.208. The normalized spacial score (nSPS) is 12.1. The highest BCUT2D eigenvalue weighted by Crippen LogP contribution is 2.25. The first-order valence-corrected chi connectivity index (χ1v) is 11.6. The molecule has 32 heavy (non-hydrogen) atoms. The maximum Gasteiger partial charge on any atom is 0.264 e. The number of halogens is 1. The van der Waals surface area contributed by atoms with Gasteiger partial charge in [0.05, 0.1) is 23.7 Å². The minimum Gasteiger partial charge on any atom is -0.497 e. The smallest absolute Gasteiger partial charge is 0.264 e. The highest BCUT2D eigenvalue weighted by atomic mass is 32.2. The number of carbonyl (C=O) groups is 1. The number of hydrogen-bond acceptors (Lipinski definition) is 4. The third kappa shape index (κ3) is 5.45. The molecule has 0 radical (unpaired) electrons. The summed E-state index contributed by atoms with van der Waals surface area (Å²) in [6.45, 7) is 1.48. The van der Waals surface area contributed by atoms with Crippen LogP contribution in [-0.4, -0.2) is 28.0 Å². The van der Waals surface area contributed by atoms with Crippen LogP contribution < -0.4 is 14.4 Å². The summed E-state index contributed by atoms with van der Waals surface area (Å²) in [4.78, 5) is 13.0. The Morgan fingerprint density at radius 3 is 2.19 bits per heavy atom. The zero-order chi connectivity index (χ0) is 23.1. The van der Waals surface area contributed by atoms with Gasteiger partial charge in [-0.1, -0.05) is 37.3 Å². The molecule has 0 aromatic heterocycles. The zero-order valence-electron chi connectivity index (χ0n) is 17.9. The van der Waals surface area contributed by atoms with E-state index in [9.17, 15) is 17.6 Å². The van der Waals surface area contributed by atoms with Crippen molar-refractivity contribution in [1.82, 2.24) is 5.32 Å². The highest BCUT2D eigenvalue weighted by Gasteiger charge is 2.28. The van der Waals surface area contributed by atoms with Crippen molar-refractivity contribution in [3.05, 3.63) is 90.2 Å². The van der Waals surface area contributed by atoms with Crippen molar-refractivity contribution in [2.75, 3.05) is 18.0 Å². The topological polar surface area (TPSA) is 75.7 Å². The maximum absolute atomic E-state index is 13.4. The first-order valence-electron chi connectivity index (χ1n) is 10.1. The van der Waals surface area contributed by atoms with Crippen LogP contribution in [0.2, 0.25) is 0 Å². The summed E-state index contributed by atoms with van der Waals surface area (Å²) in [7, 11) is -2.47. The molecular weight excluding hydrogens is 431 g/mol. The quantitative estimate of drug-likeness (QED) is 0.521. The van der Waals surface area contributed by atoms with Gasteiger partial charge in [0.15, 0.2) is 0 Å². The van der Waals surface area contributed by atoms with E-state index < -0.39 is 28.3 Å². The SMILES string of the molecule is CC[C@H](NC(=O)CN(c1ccc(F)cc1)S(=O)(=O)c1ccccc1)c1ccc(OC)cc1. The summed E-state index contributed by atoms with van der Waals surface area (Å²) in [5, 5.41) is 2.90. The Kier molecular flexibility index (Phi) is 7.48. The first kappa shape index (κ1) is 23.3. The van der Waals surface area contributed by atoms with E-state index in [-0.39, 0.29) is 16.6 Å². The molecule has 0 unspecified atom stereocenters. The summed E-state index contributed by atoms with van der Waals surface area (Å²) < 4.78 is 46.2. The number of amides is 1. The molecule has 0 saturated carbocycles. The number of methoxy groups -OCH3 is 1. The lowest BCUT2D eigenvalue weighted by Gasteiger charge is -2.25. The predicted octanol–water partition coefficient (Wildman–Crippen LogP) is 4.30. The molecule has 0 heterocycles. The second-order valence-corrected chi connectivity index (χ2v) is 8.96. The fourth-order valence-corrected chi connectivity index (χ4v) is 4.71. The van der Waals surface area contributed by atoms with E-state index in [0.29, 0.717) is 12.2 Å². The van der Waals surface area contributed by atoms with Crippen molar-refractivity contribution < 1.29 is 22.3 Å². The van der Waals surface area contributed by atoms with Crippen molar-refractivity contribution in [2.24, 2.45) is 0 Å². The van der Waals surface area contributed by atoms with Crippen LogP contribution in [0, 0.1) is 5.82 Å². The molecule has 168 valence electrons. The zero-order valence-corrected chi connectivity index (χ0v) is 18.7. The van der Waals surface area contributed by atoms with Gasteiger partial charge >= 0.3 is 0 Å². The lowest BCUT2D eigenvalue weighted by Crippen LogP contribution is -2.42. The summed E-state index contributed by atoms with van der Waals surface area (Å²) in [5.41, 5.74) is 1.07. The van der Waals surface area contributed by atoms with Gasteiger partial charge in [-0.25, -0.2) is 12.8 Å². The number of nitrogens with one attached hydrogen (secondary N) is 1. The summed E-state index contributed by atoms with van der Waals surface area (Å²) in [5.74, 6) is -0.274.